The summed E-state index contributed by atoms with van der Waals surface area (Å²) in [6, 6.07) is 6.70. The third-order valence-electron chi connectivity index (χ3n) is 3.33. The summed E-state index contributed by atoms with van der Waals surface area (Å²) in [4.78, 5) is 25.0. The number of rotatable bonds is 3. The van der Waals surface area contributed by atoms with E-state index in [2.05, 4.69) is 0 Å². The quantitative estimate of drug-likeness (QED) is 0.864. The van der Waals surface area contributed by atoms with Crippen molar-refractivity contribution in [1.29, 1.82) is 0 Å². The van der Waals surface area contributed by atoms with Gasteiger partial charge in [-0.2, -0.15) is 0 Å². The molecule has 2 amide bonds. The Morgan fingerprint density at radius 1 is 1.32 bits per heavy atom. The van der Waals surface area contributed by atoms with Crippen molar-refractivity contribution in [3.63, 3.8) is 0 Å². The largest absolute Gasteiger partial charge is 0.387 e. The Labute approximate surface area is 117 Å². The summed E-state index contributed by atoms with van der Waals surface area (Å²) in [7, 11) is 0. The highest BCUT2D eigenvalue weighted by molar-refractivity contribution is 6.30. The van der Waals surface area contributed by atoms with Crippen LogP contribution in [0.15, 0.2) is 24.3 Å². The Bertz CT molecular complexity index is 510. The average molecular weight is 282 g/mol. The summed E-state index contributed by atoms with van der Waals surface area (Å²) in [6.07, 6.45) is -0.696. The lowest BCUT2D eigenvalue weighted by Crippen LogP contribution is -2.36. The van der Waals surface area contributed by atoms with Crippen LogP contribution in [0.25, 0.3) is 0 Å². The molecule has 4 nitrogen and oxygen atoms in total. The lowest BCUT2D eigenvalue weighted by Gasteiger charge is -2.21. The van der Waals surface area contributed by atoms with Crippen LogP contribution < -0.4 is 0 Å². The molecular formula is C14H16ClNO3. The SMILES string of the molecule is CC1(C)CC(=O)N(CC(O)c2ccc(Cl)cc2)C1=O. The van der Waals surface area contributed by atoms with Gasteiger partial charge in [0.15, 0.2) is 0 Å². The van der Waals surface area contributed by atoms with Gasteiger partial charge in [-0.1, -0.05) is 37.6 Å². The molecule has 1 aromatic rings. The lowest BCUT2D eigenvalue weighted by atomic mass is 9.92. The van der Waals surface area contributed by atoms with Crippen molar-refractivity contribution in [2.75, 3.05) is 6.54 Å². The summed E-state index contributed by atoms with van der Waals surface area (Å²) in [5, 5.41) is 10.7. The first-order chi connectivity index (χ1) is 8.81. The molecule has 1 aromatic carbocycles. The van der Waals surface area contributed by atoms with Crippen LogP contribution in [0.5, 0.6) is 0 Å². The van der Waals surface area contributed by atoms with Gasteiger partial charge in [0.05, 0.1) is 18.1 Å². The summed E-state index contributed by atoms with van der Waals surface area (Å²) in [5.41, 5.74) is -0.0359. The minimum absolute atomic E-state index is 0.0112. The van der Waals surface area contributed by atoms with Crippen molar-refractivity contribution in [1.82, 2.24) is 4.90 Å². The average Bonchev–Trinajstić information content (AvgIpc) is 2.52. The minimum Gasteiger partial charge on any atom is -0.387 e. The topological polar surface area (TPSA) is 57.6 Å². The minimum atomic E-state index is -0.890. The Balaban J connectivity index is 2.11. The van der Waals surface area contributed by atoms with Crippen LogP contribution in [0.1, 0.15) is 31.9 Å². The maximum absolute atomic E-state index is 12.0. The van der Waals surface area contributed by atoms with Gasteiger partial charge in [-0.05, 0) is 17.7 Å². The van der Waals surface area contributed by atoms with Crippen LogP contribution >= 0.6 is 11.6 Å². The monoisotopic (exact) mass is 281 g/mol. The number of hydrogen-bond acceptors (Lipinski definition) is 3. The number of carbonyl (C=O) groups is 2. The highest BCUT2D eigenvalue weighted by Gasteiger charge is 2.45. The van der Waals surface area contributed by atoms with E-state index in [1.165, 1.54) is 0 Å². The van der Waals surface area contributed by atoms with Crippen LogP contribution in [-0.4, -0.2) is 28.4 Å². The highest BCUT2D eigenvalue weighted by Crippen LogP contribution is 2.32. The molecule has 1 N–H and O–H groups in total. The summed E-state index contributed by atoms with van der Waals surface area (Å²) >= 11 is 5.77. The molecule has 0 saturated carbocycles. The zero-order valence-electron chi connectivity index (χ0n) is 10.9. The molecule has 5 heteroatoms. The van der Waals surface area contributed by atoms with Gasteiger partial charge in [-0.25, -0.2) is 0 Å². The fraction of sp³-hybridized carbons (Fsp3) is 0.429. The Morgan fingerprint density at radius 3 is 2.37 bits per heavy atom. The molecule has 19 heavy (non-hydrogen) atoms. The van der Waals surface area contributed by atoms with Crippen LogP contribution in [0.2, 0.25) is 5.02 Å². The summed E-state index contributed by atoms with van der Waals surface area (Å²) < 4.78 is 0. The smallest absolute Gasteiger partial charge is 0.235 e. The Hall–Kier alpha value is -1.39. The predicted molar refractivity (Wildman–Crippen MR) is 71.5 cm³/mol. The number of imide groups is 1. The number of likely N-dealkylation sites (tertiary alicyclic amines) is 1. The molecule has 1 aliphatic rings. The fourth-order valence-electron chi connectivity index (χ4n) is 2.18. The van der Waals surface area contributed by atoms with Crippen LogP contribution in [-0.2, 0) is 9.59 Å². The van der Waals surface area contributed by atoms with Gasteiger partial charge in [-0.3, -0.25) is 14.5 Å². The molecule has 1 fully saturated rings. The maximum Gasteiger partial charge on any atom is 0.235 e. The second-order valence-corrected chi connectivity index (χ2v) is 5.87. The van der Waals surface area contributed by atoms with Gasteiger partial charge in [-0.15, -0.1) is 0 Å². The molecule has 2 rings (SSSR count). The van der Waals surface area contributed by atoms with Crippen LogP contribution in [0.3, 0.4) is 0 Å². The van der Waals surface area contributed by atoms with E-state index in [0.29, 0.717) is 10.6 Å². The normalized spacial score (nSPS) is 19.9. The summed E-state index contributed by atoms with van der Waals surface area (Å²) in [5.74, 6) is -0.464. The molecule has 1 saturated heterocycles. The van der Waals surface area contributed by atoms with Crippen molar-refractivity contribution in [2.45, 2.75) is 26.4 Å². The van der Waals surface area contributed by atoms with E-state index in [4.69, 9.17) is 11.6 Å². The van der Waals surface area contributed by atoms with Gasteiger partial charge in [0.2, 0.25) is 11.8 Å². The van der Waals surface area contributed by atoms with E-state index in [0.717, 1.165) is 4.90 Å². The maximum atomic E-state index is 12.0. The van der Waals surface area contributed by atoms with Crippen molar-refractivity contribution in [3.05, 3.63) is 34.9 Å². The van der Waals surface area contributed by atoms with Crippen LogP contribution in [0.4, 0.5) is 0 Å². The second kappa shape index (κ2) is 4.94. The first-order valence-corrected chi connectivity index (χ1v) is 6.47. The third kappa shape index (κ3) is 2.80. The number of nitrogens with zero attached hydrogens (tertiary/aromatic N) is 1. The molecule has 0 aliphatic carbocycles. The molecule has 1 aliphatic heterocycles. The van der Waals surface area contributed by atoms with Crippen molar-refractivity contribution < 1.29 is 14.7 Å². The first-order valence-electron chi connectivity index (χ1n) is 6.09. The number of carbonyl (C=O) groups excluding carboxylic acids is 2. The second-order valence-electron chi connectivity index (χ2n) is 5.44. The number of hydrogen-bond donors (Lipinski definition) is 1. The van der Waals surface area contributed by atoms with E-state index >= 15 is 0 Å². The van der Waals surface area contributed by atoms with E-state index in [9.17, 15) is 14.7 Å². The number of benzene rings is 1. The molecule has 0 radical (unpaired) electrons. The molecule has 1 unspecified atom stereocenters. The number of β-amino-alcohol motifs (C(OH)–C–C–N with tert-alkyl or cyclic N) is 1. The number of halogens is 1. The van der Waals surface area contributed by atoms with Crippen molar-refractivity contribution in [2.24, 2.45) is 5.41 Å². The van der Waals surface area contributed by atoms with Gasteiger partial charge in [0, 0.05) is 11.4 Å². The molecule has 1 heterocycles. The number of aliphatic hydroxyl groups excluding tert-OH is 1. The van der Waals surface area contributed by atoms with Gasteiger partial charge < -0.3 is 5.11 Å². The van der Waals surface area contributed by atoms with Gasteiger partial charge >= 0.3 is 0 Å². The molecular weight excluding hydrogens is 266 g/mol. The van der Waals surface area contributed by atoms with Crippen molar-refractivity contribution >= 4 is 23.4 Å². The number of amides is 2. The van der Waals surface area contributed by atoms with Crippen LogP contribution in [0, 0.1) is 5.41 Å². The standard InChI is InChI=1S/C14H16ClNO3/c1-14(2)7-12(18)16(13(14)19)8-11(17)9-3-5-10(15)6-4-9/h3-6,11,17H,7-8H2,1-2H3. The predicted octanol–water partition coefficient (Wildman–Crippen LogP) is 2.16. The number of aliphatic hydroxyl groups is 1. The Kier molecular flexibility index (Phi) is 3.65. The molecule has 1 atom stereocenters. The molecule has 0 bridgehead atoms. The molecule has 0 aromatic heterocycles. The van der Waals surface area contributed by atoms with E-state index in [1.807, 2.05) is 0 Å². The highest BCUT2D eigenvalue weighted by atomic mass is 35.5. The zero-order valence-corrected chi connectivity index (χ0v) is 11.6. The van der Waals surface area contributed by atoms with E-state index < -0.39 is 11.5 Å². The molecule has 102 valence electrons. The van der Waals surface area contributed by atoms with Gasteiger partial charge in [0.1, 0.15) is 0 Å². The lowest BCUT2D eigenvalue weighted by molar-refractivity contribution is -0.142. The first kappa shape index (κ1) is 14.0. The van der Waals surface area contributed by atoms with E-state index in [-0.39, 0.29) is 24.8 Å². The van der Waals surface area contributed by atoms with Crippen molar-refractivity contribution in [3.8, 4) is 0 Å². The molecule has 0 spiro atoms. The van der Waals surface area contributed by atoms with E-state index in [1.54, 1.807) is 38.1 Å². The Morgan fingerprint density at radius 2 is 1.89 bits per heavy atom. The fourth-order valence-corrected chi connectivity index (χ4v) is 2.30. The zero-order chi connectivity index (χ0) is 14.2. The van der Waals surface area contributed by atoms with Gasteiger partial charge in [0.25, 0.3) is 0 Å². The third-order valence-corrected chi connectivity index (χ3v) is 3.58. The summed E-state index contributed by atoms with van der Waals surface area (Å²) in [6.45, 7) is 3.46.